The summed E-state index contributed by atoms with van der Waals surface area (Å²) in [5.41, 5.74) is -0.341. The van der Waals surface area contributed by atoms with Crippen LogP contribution in [0, 0.1) is 0 Å². The fourth-order valence-corrected chi connectivity index (χ4v) is 3.99. The van der Waals surface area contributed by atoms with E-state index < -0.39 is 0 Å². The lowest BCUT2D eigenvalue weighted by molar-refractivity contribution is -0.156. The zero-order valence-corrected chi connectivity index (χ0v) is 11.4. The first kappa shape index (κ1) is 13.2. The molecule has 0 spiro atoms. The van der Waals surface area contributed by atoms with Crippen molar-refractivity contribution >= 4 is 17.7 Å². The lowest BCUT2D eigenvalue weighted by Gasteiger charge is -2.43. The van der Waals surface area contributed by atoms with Gasteiger partial charge < -0.3 is 10.1 Å². The van der Waals surface area contributed by atoms with E-state index in [0.29, 0.717) is 0 Å². The van der Waals surface area contributed by atoms with Crippen LogP contribution in [0.25, 0.3) is 0 Å². The highest BCUT2D eigenvalue weighted by Crippen LogP contribution is 2.34. The van der Waals surface area contributed by atoms with E-state index >= 15 is 0 Å². The highest BCUT2D eigenvalue weighted by atomic mass is 32.2. The highest BCUT2D eigenvalue weighted by molar-refractivity contribution is 7.99. The van der Waals surface area contributed by atoms with Gasteiger partial charge in [-0.1, -0.05) is 0 Å². The summed E-state index contributed by atoms with van der Waals surface area (Å²) in [5.74, 6) is 2.11. The number of nitrogens with zero attached hydrogens (tertiary/aromatic N) is 1. The zero-order valence-electron chi connectivity index (χ0n) is 10.5. The molecule has 0 aromatic rings. The molecule has 98 valence electrons. The number of nitrogens with one attached hydrogen (secondary N) is 1. The predicted molar refractivity (Wildman–Crippen MR) is 70.4 cm³/mol. The molecule has 0 aromatic heterocycles. The molecule has 17 heavy (non-hydrogen) atoms. The topological polar surface area (TPSA) is 41.6 Å². The van der Waals surface area contributed by atoms with Crippen LogP contribution in [0.2, 0.25) is 0 Å². The van der Waals surface area contributed by atoms with Crippen molar-refractivity contribution in [2.45, 2.75) is 24.8 Å². The van der Waals surface area contributed by atoms with Gasteiger partial charge in [-0.25, -0.2) is 0 Å². The van der Waals surface area contributed by atoms with Crippen molar-refractivity contribution in [3.63, 3.8) is 0 Å². The van der Waals surface area contributed by atoms with E-state index in [1.54, 1.807) is 0 Å². The molecule has 2 aliphatic rings. The van der Waals surface area contributed by atoms with Crippen molar-refractivity contribution in [1.29, 1.82) is 0 Å². The van der Waals surface area contributed by atoms with Gasteiger partial charge in [0.25, 0.3) is 0 Å². The maximum absolute atomic E-state index is 12.2. The maximum atomic E-state index is 12.2. The smallest absolute Gasteiger partial charge is 0.326 e. The zero-order chi connectivity index (χ0) is 12.1. The summed E-state index contributed by atoms with van der Waals surface area (Å²) >= 11 is 1.94. The second-order valence-corrected chi connectivity index (χ2v) is 5.95. The highest BCUT2D eigenvalue weighted by Gasteiger charge is 2.45. The second kappa shape index (κ2) is 6.07. The van der Waals surface area contributed by atoms with Gasteiger partial charge in [0.2, 0.25) is 0 Å². The Balaban J connectivity index is 2.15. The molecule has 2 heterocycles. The van der Waals surface area contributed by atoms with Crippen LogP contribution in [0.3, 0.4) is 0 Å². The van der Waals surface area contributed by atoms with Crippen molar-refractivity contribution in [3.05, 3.63) is 0 Å². The molecule has 4 nitrogen and oxygen atoms in total. The Kier molecular flexibility index (Phi) is 4.70. The van der Waals surface area contributed by atoms with Gasteiger partial charge in [0.1, 0.15) is 5.54 Å². The van der Waals surface area contributed by atoms with E-state index in [4.69, 9.17) is 4.74 Å². The minimum Gasteiger partial charge on any atom is -0.468 e. The Morgan fingerprint density at radius 1 is 1.29 bits per heavy atom. The molecule has 0 unspecified atom stereocenters. The van der Waals surface area contributed by atoms with Gasteiger partial charge >= 0.3 is 5.97 Å². The molecule has 0 bridgehead atoms. The first-order valence-electron chi connectivity index (χ1n) is 6.41. The Morgan fingerprint density at radius 2 is 2.06 bits per heavy atom. The molecule has 0 radical (unpaired) electrons. The number of carbonyl (C=O) groups is 1. The molecule has 5 heteroatoms. The van der Waals surface area contributed by atoms with Crippen molar-refractivity contribution in [3.8, 4) is 0 Å². The van der Waals surface area contributed by atoms with Crippen LogP contribution in [0.4, 0.5) is 0 Å². The van der Waals surface area contributed by atoms with E-state index in [0.717, 1.165) is 56.9 Å². The van der Waals surface area contributed by atoms with E-state index in [9.17, 15) is 4.79 Å². The number of hydrogen-bond donors (Lipinski definition) is 1. The van der Waals surface area contributed by atoms with Gasteiger partial charge in [-0.2, -0.15) is 11.8 Å². The number of hydrogen-bond acceptors (Lipinski definition) is 5. The van der Waals surface area contributed by atoms with Gasteiger partial charge in [-0.05, 0) is 37.3 Å². The number of rotatable bonds is 2. The summed E-state index contributed by atoms with van der Waals surface area (Å²) in [5, 5.41) is 3.39. The average molecular weight is 258 g/mol. The molecule has 0 aromatic carbocycles. The standard InChI is InChI=1S/C12H22N2O2S/c1-16-11(15)12(3-9-17-10-4-12)14-7-2-5-13-6-8-14/h13H,2-10H2,1H3. The Labute approximate surface area is 107 Å². The third-order valence-electron chi connectivity index (χ3n) is 3.83. The quantitative estimate of drug-likeness (QED) is 0.739. The van der Waals surface area contributed by atoms with Crippen LogP contribution in [0.15, 0.2) is 0 Å². The first-order valence-corrected chi connectivity index (χ1v) is 7.57. The number of carbonyl (C=O) groups excluding carboxylic acids is 1. The molecule has 0 saturated carbocycles. The first-order chi connectivity index (χ1) is 8.29. The summed E-state index contributed by atoms with van der Waals surface area (Å²) in [6, 6.07) is 0. The van der Waals surface area contributed by atoms with Gasteiger partial charge in [-0.15, -0.1) is 0 Å². The van der Waals surface area contributed by atoms with E-state index in [1.165, 1.54) is 7.11 Å². The molecule has 0 atom stereocenters. The molecule has 0 amide bonds. The lowest BCUT2D eigenvalue weighted by atomic mass is 9.89. The van der Waals surface area contributed by atoms with E-state index in [1.807, 2.05) is 11.8 Å². The van der Waals surface area contributed by atoms with Crippen LogP contribution in [-0.4, -0.2) is 61.2 Å². The predicted octanol–water partition coefficient (Wildman–Crippen LogP) is 0.720. The Bertz CT molecular complexity index is 259. The fraction of sp³-hybridized carbons (Fsp3) is 0.917. The summed E-state index contributed by atoms with van der Waals surface area (Å²) in [4.78, 5) is 14.6. The summed E-state index contributed by atoms with van der Waals surface area (Å²) in [6.45, 7) is 4.00. The molecular weight excluding hydrogens is 236 g/mol. The molecule has 0 aliphatic carbocycles. The number of ether oxygens (including phenoxy) is 1. The van der Waals surface area contributed by atoms with Gasteiger partial charge in [-0.3, -0.25) is 9.69 Å². The Morgan fingerprint density at radius 3 is 2.76 bits per heavy atom. The maximum Gasteiger partial charge on any atom is 0.326 e. The Hall–Kier alpha value is -0.260. The summed E-state index contributed by atoms with van der Waals surface area (Å²) < 4.78 is 5.08. The second-order valence-electron chi connectivity index (χ2n) is 4.73. The normalized spacial score (nSPS) is 26.2. The molecule has 2 saturated heterocycles. The molecule has 2 fully saturated rings. The fourth-order valence-electron chi connectivity index (χ4n) is 2.82. The largest absolute Gasteiger partial charge is 0.468 e. The van der Waals surface area contributed by atoms with Gasteiger partial charge in [0.15, 0.2) is 0 Å². The third kappa shape index (κ3) is 2.77. The van der Waals surface area contributed by atoms with Crippen molar-refractivity contribution < 1.29 is 9.53 Å². The third-order valence-corrected chi connectivity index (χ3v) is 4.82. The van der Waals surface area contributed by atoms with E-state index in [2.05, 4.69) is 10.2 Å². The molecule has 2 rings (SSSR count). The SMILES string of the molecule is COC(=O)C1(N2CCCNCC2)CCSCC1. The van der Waals surface area contributed by atoms with Crippen LogP contribution < -0.4 is 5.32 Å². The van der Waals surface area contributed by atoms with Gasteiger partial charge in [0.05, 0.1) is 7.11 Å². The number of methoxy groups -OCH3 is 1. The van der Waals surface area contributed by atoms with Crippen molar-refractivity contribution in [1.82, 2.24) is 10.2 Å². The number of thioether (sulfide) groups is 1. The minimum atomic E-state index is -0.341. The van der Waals surface area contributed by atoms with Crippen LogP contribution in [-0.2, 0) is 9.53 Å². The number of esters is 1. The summed E-state index contributed by atoms with van der Waals surface area (Å²) in [7, 11) is 1.52. The van der Waals surface area contributed by atoms with Crippen LogP contribution >= 0.6 is 11.8 Å². The summed E-state index contributed by atoms with van der Waals surface area (Å²) in [6.07, 6.45) is 2.99. The monoisotopic (exact) mass is 258 g/mol. The molecular formula is C12H22N2O2S. The minimum absolute atomic E-state index is 0.0281. The molecule has 2 aliphatic heterocycles. The van der Waals surface area contributed by atoms with Crippen LogP contribution in [0.5, 0.6) is 0 Å². The van der Waals surface area contributed by atoms with Gasteiger partial charge in [0, 0.05) is 19.6 Å². The van der Waals surface area contributed by atoms with E-state index in [-0.39, 0.29) is 11.5 Å². The average Bonchev–Trinajstić information content (AvgIpc) is 2.67. The molecule has 1 N–H and O–H groups in total. The lowest BCUT2D eigenvalue weighted by Crippen LogP contribution is -2.58. The van der Waals surface area contributed by atoms with Crippen LogP contribution in [0.1, 0.15) is 19.3 Å². The van der Waals surface area contributed by atoms with Crippen molar-refractivity contribution in [2.75, 3.05) is 44.8 Å². The van der Waals surface area contributed by atoms with Crippen molar-refractivity contribution in [2.24, 2.45) is 0 Å².